The van der Waals surface area contributed by atoms with Crippen molar-refractivity contribution >= 4 is 11.6 Å². The second-order valence-electron chi connectivity index (χ2n) is 7.06. The highest BCUT2D eigenvalue weighted by molar-refractivity contribution is 6.07. The second kappa shape index (κ2) is 7.42. The fourth-order valence-electron chi connectivity index (χ4n) is 3.78. The normalized spacial score (nSPS) is 15.4. The van der Waals surface area contributed by atoms with Gasteiger partial charge in [0.25, 0.3) is 5.91 Å². The number of amides is 1. The van der Waals surface area contributed by atoms with Gasteiger partial charge in [0, 0.05) is 17.8 Å². The highest BCUT2D eigenvalue weighted by atomic mass is 16.2. The van der Waals surface area contributed by atoms with Crippen molar-refractivity contribution in [1.29, 1.82) is 0 Å². The number of carbonyl (C=O) groups excluding carboxylic acids is 1. The van der Waals surface area contributed by atoms with Gasteiger partial charge in [-0.3, -0.25) is 9.48 Å². The Hall–Kier alpha value is -2.10. The maximum atomic E-state index is 13.4. The average Bonchev–Trinajstić information content (AvgIpc) is 3.00. The maximum absolute atomic E-state index is 13.4. The van der Waals surface area contributed by atoms with Gasteiger partial charge < -0.3 is 4.90 Å². The van der Waals surface area contributed by atoms with Crippen molar-refractivity contribution in [3.8, 4) is 0 Å². The Morgan fingerprint density at radius 3 is 2.68 bits per heavy atom. The molecule has 4 heteroatoms. The van der Waals surface area contributed by atoms with Crippen LogP contribution in [0.5, 0.6) is 0 Å². The highest BCUT2D eigenvalue weighted by Crippen LogP contribution is 2.31. The van der Waals surface area contributed by atoms with Crippen LogP contribution in [0.25, 0.3) is 0 Å². The van der Waals surface area contributed by atoms with Crippen molar-refractivity contribution in [2.75, 3.05) is 11.4 Å². The lowest BCUT2D eigenvalue weighted by Gasteiger charge is -2.29. The molecule has 0 N–H and O–H groups in total. The number of hydrogen-bond donors (Lipinski definition) is 0. The molecule has 1 aliphatic heterocycles. The van der Waals surface area contributed by atoms with Crippen molar-refractivity contribution in [3.05, 3.63) is 46.8 Å². The minimum atomic E-state index is 0.103. The summed E-state index contributed by atoms with van der Waals surface area (Å²) in [6.07, 6.45) is 5.16. The zero-order chi connectivity index (χ0) is 18.0. The molecule has 1 aromatic heterocycles. The zero-order valence-electron chi connectivity index (χ0n) is 15.9. The number of aryl methyl sites for hydroxylation is 2. The van der Waals surface area contributed by atoms with Crippen LogP contribution in [0.4, 0.5) is 5.69 Å². The number of unbranched alkanes of at least 4 members (excludes halogenated alkanes) is 1. The van der Waals surface area contributed by atoms with Gasteiger partial charge in [0.15, 0.2) is 0 Å². The molecular formula is C21H29N3O. The molecule has 2 heterocycles. The number of carbonyl (C=O) groups is 1. The van der Waals surface area contributed by atoms with Gasteiger partial charge >= 0.3 is 0 Å². The molecule has 0 spiro atoms. The van der Waals surface area contributed by atoms with Crippen LogP contribution in [0.15, 0.2) is 24.3 Å². The molecular weight excluding hydrogens is 310 g/mol. The molecule has 2 aromatic rings. The number of para-hydroxylation sites is 1. The highest BCUT2D eigenvalue weighted by Gasteiger charge is 2.33. The molecule has 1 amide bonds. The number of hydrogen-bond acceptors (Lipinski definition) is 2. The fourth-order valence-corrected chi connectivity index (χ4v) is 3.78. The maximum Gasteiger partial charge on any atom is 0.276 e. The van der Waals surface area contributed by atoms with Crippen molar-refractivity contribution < 1.29 is 4.79 Å². The van der Waals surface area contributed by atoms with Crippen LogP contribution in [-0.4, -0.2) is 22.2 Å². The number of fused-ring (bicyclic) bond motifs is 1. The molecule has 3 rings (SSSR count). The minimum absolute atomic E-state index is 0.103. The lowest BCUT2D eigenvalue weighted by atomic mass is 10.0. The third-order valence-electron chi connectivity index (χ3n) is 5.26. The summed E-state index contributed by atoms with van der Waals surface area (Å²) in [4.78, 5) is 15.3. The Morgan fingerprint density at radius 2 is 2.00 bits per heavy atom. The van der Waals surface area contributed by atoms with E-state index in [4.69, 9.17) is 5.10 Å². The number of rotatable bonds is 6. The molecule has 0 fully saturated rings. The Bertz CT molecular complexity index is 762. The summed E-state index contributed by atoms with van der Waals surface area (Å²) >= 11 is 0. The molecule has 1 unspecified atom stereocenters. The van der Waals surface area contributed by atoms with Gasteiger partial charge in [-0.15, -0.1) is 0 Å². The van der Waals surface area contributed by atoms with Gasteiger partial charge in [0.1, 0.15) is 5.69 Å². The molecule has 0 saturated heterocycles. The molecule has 0 radical (unpaired) electrons. The van der Waals surface area contributed by atoms with Crippen molar-refractivity contribution in [1.82, 2.24) is 9.78 Å². The van der Waals surface area contributed by atoms with Crippen molar-refractivity contribution in [2.45, 2.75) is 65.8 Å². The fraction of sp³-hybridized carbons (Fsp3) is 0.524. The van der Waals surface area contributed by atoms with Gasteiger partial charge in [0.05, 0.1) is 11.7 Å². The van der Waals surface area contributed by atoms with E-state index in [1.165, 1.54) is 5.56 Å². The van der Waals surface area contributed by atoms with E-state index < -0.39 is 0 Å². The molecule has 0 bridgehead atoms. The summed E-state index contributed by atoms with van der Waals surface area (Å²) in [7, 11) is 0. The van der Waals surface area contributed by atoms with Crippen LogP contribution in [0.3, 0.4) is 0 Å². The molecule has 134 valence electrons. The van der Waals surface area contributed by atoms with E-state index in [1.54, 1.807) is 0 Å². The summed E-state index contributed by atoms with van der Waals surface area (Å²) in [6.45, 7) is 9.31. The number of nitrogens with zero attached hydrogens (tertiary/aromatic N) is 3. The van der Waals surface area contributed by atoms with E-state index in [9.17, 15) is 4.79 Å². The first-order valence-corrected chi connectivity index (χ1v) is 9.56. The largest absolute Gasteiger partial charge is 0.306 e. The van der Waals surface area contributed by atoms with E-state index in [0.717, 1.165) is 61.3 Å². The van der Waals surface area contributed by atoms with Gasteiger partial charge in [-0.2, -0.15) is 5.10 Å². The van der Waals surface area contributed by atoms with E-state index in [-0.39, 0.29) is 11.9 Å². The first kappa shape index (κ1) is 17.7. The summed E-state index contributed by atoms with van der Waals surface area (Å²) in [5.41, 5.74) is 5.23. The zero-order valence-corrected chi connectivity index (χ0v) is 15.9. The van der Waals surface area contributed by atoms with E-state index in [2.05, 4.69) is 33.8 Å². The van der Waals surface area contributed by atoms with Gasteiger partial charge in [-0.05, 0) is 44.7 Å². The van der Waals surface area contributed by atoms with E-state index in [0.29, 0.717) is 0 Å². The third-order valence-corrected chi connectivity index (χ3v) is 5.26. The predicted molar refractivity (Wildman–Crippen MR) is 102 cm³/mol. The summed E-state index contributed by atoms with van der Waals surface area (Å²) < 4.78 is 2.01. The van der Waals surface area contributed by atoms with E-state index >= 15 is 0 Å². The first-order chi connectivity index (χ1) is 12.1. The molecule has 4 nitrogen and oxygen atoms in total. The Kier molecular flexibility index (Phi) is 5.26. The second-order valence-corrected chi connectivity index (χ2v) is 7.06. The monoisotopic (exact) mass is 339 g/mol. The Morgan fingerprint density at radius 1 is 1.24 bits per heavy atom. The summed E-state index contributed by atoms with van der Waals surface area (Å²) in [5.74, 6) is 0.103. The number of benzene rings is 1. The minimum Gasteiger partial charge on any atom is -0.306 e. The van der Waals surface area contributed by atoms with Crippen LogP contribution in [0, 0.1) is 6.92 Å². The van der Waals surface area contributed by atoms with Crippen LogP contribution in [-0.2, 0) is 12.8 Å². The first-order valence-electron chi connectivity index (χ1n) is 9.56. The van der Waals surface area contributed by atoms with Crippen LogP contribution < -0.4 is 4.90 Å². The van der Waals surface area contributed by atoms with Crippen LogP contribution in [0.1, 0.15) is 73.4 Å². The SMILES string of the molecule is CCCCC(C)n1nc(CC)c2c1C(=O)N(c1ccccc1C)CC2. The summed E-state index contributed by atoms with van der Waals surface area (Å²) in [6, 6.07) is 8.39. The Balaban J connectivity index is 2.01. The third kappa shape index (κ3) is 3.22. The predicted octanol–water partition coefficient (Wildman–Crippen LogP) is 4.71. The van der Waals surface area contributed by atoms with Gasteiger partial charge in [0.2, 0.25) is 0 Å². The molecule has 0 aliphatic carbocycles. The van der Waals surface area contributed by atoms with Gasteiger partial charge in [-0.1, -0.05) is 44.9 Å². The van der Waals surface area contributed by atoms with Crippen LogP contribution >= 0.6 is 0 Å². The van der Waals surface area contributed by atoms with E-state index in [1.807, 2.05) is 27.8 Å². The number of aromatic nitrogens is 2. The Labute approximate surface area is 150 Å². The summed E-state index contributed by atoms with van der Waals surface area (Å²) in [5, 5.41) is 4.83. The molecule has 0 saturated carbocycles. The van der Waals surface area contributed by atoms with Crippen molar-refractivity contribution in [3.63, 3.8) is 0 Å². The standard InChI is InChI=1S/C21H29N3O/c1-5-7-11-16(4)24-20-17(18(6-2)22-24)13-14-23(21(20)25)19-12-9-8-10-15(19)3/h8-10,12,16H,5-7,11,13-14H2,1-4H3. The lowest BCUT2D eigenvalue weighted by molar-refractivity contribution is 0.0967. The average molecular weight is 339 g/mol. The van der Waals surface area contributed by atoms with Crippen LogP contribution in [0.2, 0.25) is 0 Å². The number of anilines is 1. The quantitative estimate of drug-likeness (QED) is 0.764. The lowest BCUT2D eigenvalue weighted by Crippen LogP contribution is -2.39. The molecule has 1 aromatic carbocycles. The topological polar surface area (TPSA) is 38.1 Å². The molecule has 25 heavy (non-hydrogen) atoms. The van der Waals surface area contributed by atoms with Gasteiger partial charge in [-0.25, -0.2) is 0 Å². The molecule has 1 atom stereocenters. The molecule has 1 aliphatic rings. The van der Waals surface area contributed by atoms with Crippen molar-refractivity contribution in [2.24, 2.45) is 0 Å². The smallest absolute Gasteiger partial charge is 0.276 e.